The lowest BCUT2D eigenvalue weighted by Gasteiger charge is -2.13. The van der Waals surface area contributed by atoms with E-state index in [9.17, 15) is 13.2 Å². The predicted molar refractivity (Wildman–Crippen MR) is 111 cm³/mol. The first kappa shape index (κ1) is 21.2. The molecule has 0 radical (unpaired) electrons. The van der Waals surface area contributed by atoms with Crippen LogP contribution in [0.1, 0.15) is 21.6 Å². The van der Waals surface area contributed by atoms with Crippen molar-refractivity contribution in [3.8, 4) is 11.5 Å². The van der Waals surface area contributed by atoms with Crippen LogP contribution in [0.4, 0.5) is 11.6 Å². The third-order valence-corrected chi connectivity index (χ3v) is 5.81. The molecule has 0 unspecified atom stereocenters. The van der Waals surface area contributed by atoms with Gasteiger partial charge in [-0.2, -0.15) is 0 Å². The number of benzene rings is 2. The number of rotatable bonds is 7. The summed E-state index contributed by atoms with van der Waals surface area (Å²) in [5.74, 6) is 0.319. The normalized spacial score (nSPS) is 11.1. The molecule has 0 aliphatic rings. The highest BCUT2D eigenvalue weighted by molar-refractivity contribution is 7.92. The lowest BCUT2D eigenvalue weighted by Crippen LogP contribution is -2.15. The van der Waals surface area contributed by atoms with Crippen molar-refractivity contribution in [2.24, 2.45) is 0 Å². The second kappa shape index (κ2) is 8.46. The molecule has 1 aromatic heterocycles. The summed E-state index contributed by atoms with van der Waals surface area (Å²) in [7, 11) is -0.969. The Kier molecular flexibility index (Phi) is 5.97. The molecule has 158 valence electrons. The lowest BCUT2D eigenvalue weighted by molar-refractivity contribution is 0.102. The third-order valence-electron chi connectivity index (χ3n) is 4.46. The van der Waals surface area contributed by atoms with Crippen LogP contribution >= 0.6 is 0 Å². The van der Waals surface area contributed by atoms with E-state index < -0.39 is 15.9 Å². The summed E-state index contributed by atoms with van der Waals surface area (Å²) < 4.78 is 43.0. The number of aryl methyl sites for hydroxylation is 1. The quantitative estimate of drug-likeness (QED) is 0.588. The van der Waals surface area contributed by atoms with Crippen LogP contribution < -0.4 is 19.5 Å². The molecule has 9 nitrogen and oxygen atoms in total. The fourth-order valence-electron chi connectivity index (χ4n) is 2.68. The first-order valence-electron chi connectivity index (χ1n) is 8.85. The van der Waals surface area contributed by atoms with Crippen LogP contribution in [-0.2, 0) is 10.0 Å². The van der Waals surface area contributed by atoms with E-state index in [-0.39, 0.29) is 16.3 Å². The second-order valence-corrected chi connectivity index (χ2v) is 8.03. The maximum Gasteiger partial charge on any atom is 0.264 e. The van der Waals surface area contributed by atoms with Gasteiger partial charge in [0.1, 0.15) is 17.1 Å². The van der Waals surface area contributed by atoms with E-state index in [2.05, 4.69) is 15.2 Å². The molecule has 3 rings (SSSR count). The van der Waals surface area contributed by atoms with Crippen LogP contribution in [0.3, 0.4) is 0 Å². The number of methoxy groups -OCH3 is 2. The van der Waals surface area contributed by atoms with E-state index in [1.54, 1.807) is 32.0 Å². The van der Waals surface area contributed by atoms with Crippen LogP contribution in [0.5, 0.6) is 11.5 Å². The monoisotopic (exact) mass is 431 g/mol. The van der Waals surface area contributed by atoms with Crippen LogP contribution in [0.15, 0.2) is 51.9 Å². The summed E-state index contributed by atoms with van der Waals surface area (Å²) in [5, 5.41) is 6.43. The van der Waals surface area contributed by atoms with E-state index in [0.29, 0.717) is 28.4 Å². The molecule has 0 aliphatic carbocycles. The fourth-order valence-corrected chi connectivity index (χ4v) is 3.72. The summed E-state index contributed by atoms with van der Waals surface area (Å²) in [6.45, 7) is 3.42. The highest BCUT2D eigenvalue weighted by Gasteiger charge is 2.21. The van der Waals surface area contributed by atoms with Crippen molar-refractivity contribution in [3.63, 3.8) is 0 Å². The molecule has 0 bridgehead atoms. The van der Waals surface area contributed by atoms with Gasteiger partial charge in [0.15, 0.2) is 0 Å². The van der Waals surface area contributed by atoms with Gasteiger partial charge in [-0.1, -0.05) is 11.2 Å². The second-order valence-electron chi connectivity index (χ2n) is 6.34. The van der Waals surface area contributed by atoms with E-state index in [0.717, 1.165) is 0 Å². The van der Waals surface area contributed by atoms with Crippen molar-refractivity contribution >= 4 is 27.5 Å². The zero-order valence-electron chi connectivity index (χ0n) is 16.8. The Morgan fingerprint density at radius 2 is 1.60 bits per heavy atom. The highest BCUT2D eigenvalue weighted by atomic mass is 32.2. The lowest BCUT2D eigenvalue weighted by atomic mass is 10.1. The Labute approximate surface area is 174 Å². The number of aromatic nitrogens is 1. The zero-order valence-corrected chi connectivity index (χ0v) is 17.7. The van der Waals surface area contributed by atoms with Gasteiger partial charge in [0.05, 0.1) is 24.8 Å². The van der Waals surface area contributed by atoms with Gasteiger partial charge in [0.2, 0.25) is 5.88 Å². The van der Waals surface area contributed by atoms with Gasteiger partial charge in [-0.25, -0.2) is 13.1 Å². The molecule has 30 heavy (non-hydrogen) atoms. The van der Waals surface area contributed by atoms with Crippen LogP contribution in [-0.4, -0.2) is 33.7 Å². The van der Waals surface area contributed by atoms with Crippen molar-refractivity contribution in [1.29, 1.82) is 0 Å². The van der Waals surface area contributed by atoms with Gasteiger partial charge in [-0.3, -0.25) is 4.79 Å². The topological polar surface area (TPSA) is 120 Å². The minimum Gasteiger partial charge on any atom is -0.496 e. The number of sulfonamides is 1. The molecule has 0 fully saturated rings. The van der Waals surface area contributed by atoms with Gasteiger partial charge >= 0.3 is 0 Å². The molecular weight excluding hydrogens is 410 g/mol. The summed E-state index contributed by atoms with van der Waals surface area (Å²) in [6, 6.07) is 10.7. The maximum atomic E-state index is 12.7. The molecule has 1 heterocycles. The average molecular weight is 431 g/mol. The Balaban J connectivity index is 1.79. The molecular formula is C20H21N3O6S. The number of carbonyl (C=O) groups excluding carboxylic acids is 1. The Morgan fingerprint density at radius 1 is 1.00 bits per heavy atom. The molecule has 0 saturated heterocycles. The number of anilines is 2. The Hall–Kier alpha value is -3.53. The van der Waals surface area contributed by atoms with Crippen LogP contribution in [0, 0.1) is 13.8 Å². The SMILES string of the molecule is COc1cccc(OC)c1C(=O)Nc1ccc(S(=O)(=O)Nc2onc(C)c2C)cc1. The molecule has 0 atom stereocenters. The molecule has 2 N–H and O–H groups in total. The number of hydrogen-bond donors (Lipinski definition) is 2. The Morgan fingerprint density at radius 3 is 2.10 bits per heavy atom. The average Bonchev–Trinajstić information content (AvgIpc) is 3.05. The standard InChI is InChI=1S/C20H21N3O6S/c1-12-13(2)22-29-20(12)23-30(25,26)15-10-8-14(9-11-15)21-19(24)18-16(27-3)6-5-7-17(18)28-4/h5-11,23H,1-4H3,(H,21,24). The first-order valence-corrected chi connectivity index (χ1v) is 10.3. The molecule has 1 amide bonds. The fraction of sp³-hybridized carbons (Fsp3) is 0.200. The first-order chi connectivity index (χ1) is 14.3. The number of hydrogen-bond acceptors (Lipinski definition) is 7. The molecule has 0 spiro atoms. The van der Waals surface area contributed by atoms with Crippen molar-refractivity contribution in [3.05, 3.63) is 59.3 Å². The summed E-state index contributed by atoms with van der Waals surface area (Å²) >= 11 is 0. The third kappa shape index (κ3) is 4.23. The number of ether oxygens (including phenoxy) is 2. The van der Waals surface area contributed by atoms with Crippen LogP contribution in [0.2, 0.25) is 0 Å². The summed E-state index contributed by atoms with van der Waals surface area (Å²) in [4.78, 5) is 12.7. The van der Waals surface area contributed by atoms with E-state index in [4.69, 9.17) is 14.0 Å². The minimum absolute atomic E-state index is 0.00354. The maximum absolute atomic E-state index is 12.7. The van der Waals surface area contributed by atoms with Crippen LogP contribution in [0.25, 0.3) is 0 Å². The van der Waals surface area contributed by atoms with Gasteiger partial charge < -0.3 is 19.3 Å². The minimum atomic E-state index is -3.88. The van der Waals surface area contributed by atoms with E-state index in [1.807, 2.05) is 0 Å². The van der Waals surface area contributed by atoms with Gasteiger partial charge in [-0.05, 0) is 50.2 Å². The van der Waals surface area contributed by atoms with Gasteiger partial charge in [0, 0.05) is 11.3 Å². The van der Waals surface area contributed by atoms with Crippen molar-refractivity contribution in [2.75, 3.05) is 24.3 Å². The molecule has 3 aromatic rings. The van der Waals surface area contributed by atoms with E-state index >= 15 is 0 Å². The molecule has 10 heteroatoms. The Bertz CT molecular complexity index is 1150. The molecule has 0 saturated carbocycles. The predicted octanol–water partition coefficient (Wildman–Crippen LogP) is 3.36. The summed E-state index contributed by atoms with van der Waals surface area (Å²) in [5.41, 5.74) is 1.83. The number of carbonyl (C=O) groups is 1. The smallest absolute Gasteiger partial charge is 0.264 e. The molecule has 2 aromatic carbocycles. The zero-order chi connectivity index (χ0) is 21.9. The van der Waals surface area contributed by atoms with Gasteiger partial charge in [0.25, 0.3) is 15.9 Å². The number of nitrogens with zero attached hydrogens (tertiary/aromatic N) is 1. The van der Waals surface area contributed by atoms with Crippen molar-refractivity contribution in [2.45, 2.75) is 18.7 Å². The summed E-state index contributed by atoms with van der Waals surface area (Å²) in [6.07, 6.45) is 0. The largest absolute Gasteiger partial charge is 0.496 e. The molecule has 0 aliphatic heterocycles. The van der Waals surface area contributed by atoms with Crippen molar-refractivity contribution < 1.29 is 27.2 Å². The number of nitrogens with one attached hydrogen (secondary N) is 2. The van der Waals surface area contributed by atoms with Crippen molar-refractivity contribution in [1.82, 2.24) is 5.16 Å². The van der Waals surface area contributed by atoms with Gasteiger partial charge in [-0.15, -0.1) is 0 Å². The van der Waals surface area contributed by atoms with E-state index in [1.165, 1.54) is 38.5 Å². The highest BCUT2D eigenvalue weighted by Crippen LogP contribution is 2.29. The number of amides is 1.